The molecule has 8 heteroatoms. The Balaban J connectivity index is 1.61. The van der Waals surface area contributed by atoms with Crippen molar-refractivity contribution in [2.45, 2.75) is 64.1 Å². The Hall–Kier alpha value is -1.50. The van der Waals surface area contributed by atoms with E-state index in [-0.39, 0.29) is 16.8 Å². The second-order valence-electron chi connectivity index (χ2n) is 7.70. The van der Waals surface area contributed by atoms with Crippen LogP contribution in [-0.2, 0) is 11.0 Å². The van der Waals surface area contributed by atoms with E-state index in [0.29, 0.717) is 37.8 Å². The molecule has 0 radical (unpaired) electrons. The predicted octanol–water partition coefficient (Wildman–Crippen LogP) is 5.15. The van der Waals surface area contributed by atoms with E-state index in [1.165, 1.54) is 19.3 Å². The van der Waals surface area contributed by atoms with Crippen LogP contribution in [0.5, 0.6) is 0 Å². The predicted molar refractivity (Wildman–Crippen MR) is 103 cm³/mol. The van der Waals surface area contributed by atoms with E-state index in [0.717, 1.165) is 31.6 Å². The van der Waals surface area contributed by atoms with Crippen LogP contribution < -0.4 is 4.90 Å². The second-order valence-corrected chi connectivity index (χ2v) is 8.11. The molecule has 1 aliphatic heterocycles. The van der Waals surface area contributed by atoms with E-state index in [9.17, 15) is 18.0 Å². The first-order chi connectivity index (χ1) is 13.3. The fourth-order valence-corrected chi connectivity index (χ4v) is 4.66. The summed E-state index contributed by atoms with van der Waals surface area (Å²) in [4.78, 5) is 20.9. The Bertz CT molecular complexity index is 684. The molecule has 0 N–H and O–H groups in total. The average Bonchev–Trinajstić information content (AvgIpc) is 2.69. The molecule has 0 aromatic carbocycles. The topological polar surface area (TPSA) is 36.4 Å². The second kappa shape index (κ2) is 8.89. The highest BCUT2D eigenvalue weighted by atomic mass is 35.5. The first kappa shape index (κ1) is 21.2. The molecular weight excluding hydrogens is 391 g/mol. The highest BCUT2D eigenvalue weighted by Gasteiger charge is 2.34. The van der Waals surface area contributed by atoms with Gasteiger partial charge in [-0.25, -0.2) is 4.98 Å². The standard InChI is InChI=1S/C20H27ClF3N3O/c1-2-27(16-6-4-3-5-7-16)19(28)14-8-10-26(11-9-14)18-17(21)12-15(13-25-18)20(22,23)24/h12-14,16H,2-11H2,1H3. The first-order valence-electron chi connectivity index (χ1n) is 10.1. The molecule has 1 amide bonds. The molecule has 1 aliphatic carbocycles. The van der Waals surface area contributed by atoms with Crippen LogP contribution >= 0.6 is 11.6 Å². The number of nitrogens with zero attached hydrogens (tertiary/aromatic N) is 3. The number of alkyl halides is 3. The molecule has 2 heterocycles. The minimum absolute atomic E-state index is 0.00279. The van der Waals surface area contributed by atoms with Gasteiger partial charge in [0.05, 0.1) is 10.6 Å². The Morgan fingerprint density at radius 3 is 2.39 bits per heavy atom. The van der Waals surface area contributed by atoms with Crippen molar-refractivity contribution in [3.05, 3.63) is 22.8 Å². The van der Waals surface area contributed by atoms with Gasteiger partial charge in [0.25, 0.3) is 0 Å². The van der Waals surface area contributed by atoms with Gasteiger partial charge in [-0.05, 0) is 38.7 Å². The van der Waals surface area contributed by atoms with Crippen LogP contribution in [0, 0.1) is 5.92 Å². The van der Waals surface area contributed by atoms with Crippen molar-refractivity contribution in [2.75, 3.05) is 24.5 Å². The summed E-state index contributed by atoms with van der Waals surface area (Å²) in [5.74, 6) is 0.548. The van der Waals surface area contributed by atoms with Crippen molar-refractivity contribution in [3.63, 3.8) is 0 Å². The number of halogens is 4. The van der Waals surface area contributed by atoms with Gasteiger partial charge in [0.2, 0.25) is 5.91 Å². The Kier molecular flexibility index (Phi) is 6.73. The van der Waals surface area contributed by atoms with Crippen LogP contribution in [0.1, 0.15) is 57.4 Å². The van der Waals surface area contributed by atoms with Crippen molar-refractivity contribution in [2.24, 2.45) is 5.92 Å². The van der Waals surface area contributed by atoms with Crippen LogP contribution in [0.4, 0.5) is 19.0 Å². The van der Waals surface area contributed by atoms with E-state index in [1.807, 2.05) is 16.7 Å². The lowest BCUT2D eigenvalue weighted by Crippen LogP contribution is -2.47. The molecule has 156 valence electrons. The molecule has 0 bridgehead atoms. The number of anilines is 1. The van der Waals surface area contributed by atoms with Crippen molar-refractivity contribution in [1.29, 1.82) is 0 Å². The maximum Gasteiger partial charge on any atom is 0.417 e. The molecule has 0 unspecified atom stereocenters. The number of aromatic nitrogens is 1. The molecular formula is C20H27ClF3N3O. The maximum atomic E-state index is 13.0. The van der Waals surface area contributed by atoms with Gasteiger partial charge in [-0.1, -0.05) is 30.9 Å². The van der Waals surface area contributed by atoms with Gasteiger partial charge in [0, 0.05) is 37.8 Å². The zero-order valence-electron chi connectivity index (χ0n) is 16.1. The van der Waals surface area contributed by atoms with Gasteiger partial charge < -0.3 is 9.80 Å². The third-order valence-corrected chi connectivity index (χ3v) is 6.21. The summed E-state index contributed by atoms with van der Waals surface area (Å²) in [5.41, 5.74) is -0.850. The molecule has 2 fully saturated rings. The molecule has 0 atom stereocenters. The summed E-state index contributed by atoms with van der Waals surface area (Å²) in [6, 6.07) is 1.28. The van der Waals surface area contributed by atoms with Crippen LogP contribution in [0.25, 0.3) is 0 Å². The van der Waals surface area contributed by atoms with Crippen LogP contribution in [0.3, 0.4) is 0 Å². The fourth-order valence-electron chi connectivity index (χ4n) is 4.38. The lowest BCUT2D eigenvalue weighted by molar-refractivity contribution is -0.139. The van der Waals surface area contributed by atoms with E-state index in [4.69, 9.17) is 11.6 Å². The lowest BCUT2D eigenvalue weighted by Gasteiger charge is -2.39. The lowest BCUT2D eigenvalue weighted by atomic mass is 9.90. The van der Waals surface area contributed by atoms with Crippen LogP contribution in [-0.4, -0.2) is 41.5 Å². The minimum Gasteiger partial charge on any atom is -0.355 e. The first-order valence-corrected chi connectivity index (χ1v) is 10.5. The van der Waals surface area contributed by atoms with Gasteiger partial charge in [-0.3, -0.25) is 4.79 Å². The number of carbonyl (C=O) groups is 1. The molecule has 0 spiro atoms. The quantitative estimate of drug-likeness (QED) is 0.679. The van der Waals surface area contributed by atoms with Crippen LogP contribution in [0.15, 0.2) is 12.3 Å². The third-order valence-electron chi connectivity index (χ3n) is 5.93. The van der Waals surface area contributed by atoms with E-state index >= 15 is 0 Å². The Morgan fingerprint density at radius 1 is 1.21 bits per heavy atom. The third kappa shape index (κ3) is 4.73. The number of pyridine rings is 1. The fraction of sp³-hybridized carbons (Fsp3) is 0.700. The van der Waals surface area contributed by atoms with Crippen molar-refractivity contribution < 1.29 is 18.0 Å². The summed E-state index contributed by atoms with van der Waals surface area (Å²) in [6.07, 6.45) is 3.49. The van der Waals surface area contributed by atoms with Crippen molar-refractivity contribution in [3.8, 4) is 0 Å². The zero-order chi connectivity index (χ0) is 20.3. The smallest absolute Gasteiger partial charge is 0.355 e. The van der Waals surface area contributed by atoms with Crippen molar-refractivity contribution in [1.82, 2.24) is 9.88 Å². The Labute approximate surface area is 169 Å². The molecule has 1 saturated carbocycles. The average molecular weight is 418 g/mol. The van der Waals surface area contributed by atoms with Crippen molar-refractivity contribution >= 4 is 23.3 Å². The minimum atomic E-state index is -4.46. The molecule has 1 aromatic rings. The number of piperidine rings is 1. The summed E-state index contributed by atoms with van der Waals surface area (Å²) in [6.45, 7) is 3.90. The molecule has 3 rings (SSSR count). The molecule has 1 saturated heterocycles. The Morgan fingerprint density at radius 2 is 1.86 bits per heavy atom. The largest absolute Gasteiger partial charge is 0.417 e. The van der Waals surface area contributed by atoms with Gasteiger partial charge in [0.1, 0.15) is 5.82 Å². The number of amides is 1. The summed E-state index contributed by atoms with van der Waals surface area (Å²) in [7, 11) is 0. The summed E-state index contributed by atoms with van der Waals surface area (Å²) < 4.78 is 38.4. The van der Waals surface area contributed by atoms with E-state index in [2.05, 4.69) is 4.98 Å². The number of hydrogen-bond acceptors (Lipinski definition) is 3. The highest BCUT2D eigenvalue weighted by molar-refractivity contribution is 6.33. The summed E-state index contributed by atoms with van der Waals surface area (Å²) in [5, 5.41) is -0.00279. The molecule has 1 aromatic heterocycles. The monoisotopic (exact) mass is 417 g/mol. The zero-order valence-corrected chi connectivity index (χ0v) is 16.9. The van der Waals surface area contributed by atoms with Gasteiger partial charge in [-0.15, -0.1) is 0 Å². The van der Waals surface area contributed by atoms with Crippen LogP contribution in [0.2, 0.25) is 5.02 Å². The van der Waals surface area contributed by atoms with Gasteiger partial charge >= 0.3 is 6.18 Å². The summed E-state index contributed by atoms with van der Waals surface area (Å²) >= 11 is 6.06. The number of rotatable bonds is 4. The SMILES string of the molecule is CCN(C(=O)C1CCN(c2ncc(C(F)(F)F)cc2Cl)CC1)C1CCCCC1. The molecule has 28 heavy (non-hydrogen) atoms. The van der Waals surface area contributed by atoms with E-state index in [1.54, 1.807) is 0 Å². The maximum absolute atomic E-state index is 13.0. The molecule has 2 aliphatic rings. The number of carbonyl (C=O) groups excluding carboxylic acids is 1. The number of hydrogen-bond donors (Lipinski definition) is 0. The van der Waals surface area contributed by atoms with Gasteiger partial charge in [-0.2, -0.15) is 13.2 Å². The van der Waals surface area contributed by atoms with E-state index < -0.39 is 11.7 Å². The highest BCUT2D eigenvalue weighted by Crippen LogP contribution is 2.35. The normalized spacial score (nSPS) is 19.7. The molecule has 4 nitrogen and oxygen atoms in total. The van der Waals surface area contributed by atoms with Gasteiger partial charge in [0.15, 0.2) is 0 Å².